The van der Waals surface area contributed by atoms with Crippen molar-refractivity contribution in [2.75, 3.05) is 13.6 Å². The first-order valence-electron chi connectivity index (χ1n) is 6.91. The van der Waals surface area contributed by atoms with Crippen LogP contribution in [0.3, 0.4) is 0 Å². The predicted molar refractivity (Wildman–Crippen MR) is 81.7 cm³/mol. The van der Waals surface area contributed by atoms with Crippen LogP contribution in [0.2, 0.25) is 0 Å². The number of hydrogen-bond donors (Lipinski definition) is 1. The normalized spacial score (nSPS) is 11.1. The third kappa shape index (κ3) is 3.31. The molecule has 0 aliphatic carbocycles. The molecule has 0 unspecified atom stereocenters. The summed E-state index contributed by atoms with van der Waals surface area (Å²) < 4.78 is 1.94. The van der Waals surface area contributed by atoms with Gasteiger partial charge in [0.05, 0.1) is 17.9 Å². The fourth-order valence-corrected chi connectivity index (χ4v) is 2.50. The van der Waals surface area contributed by atoms with Crippen LogP contribution in [0.15, 0.2) is 24.3 Å². The van der Waals surface area contributed by atoms with Crippen molar-refractivity contribution in [3.8, 4) is 5.69 Å². The standard InChI is InChI=1S/C16H21N3O2/c1-11-7-5-6-8-15(11)19-13(3)14(12(2)17-19)9-18(4)10-16(20)21/h5-8H,9-10H2,1-4H3,(H,20,21). The number of hydrogen-bond acceptors (Lipinski definition) is 3. The van der Waals surface area contributed by atoms with E-state index in [-0.39, 0.29) is 6.54 Å². The molecule has 0 fully saturated rings. The van der Waals surface area contributed by atoms with E-state index in [2.05, 4.69) is 18.1 Å². The molecule has 0 saturated carbocycles. The van der Waals surface area contributed by atoms with E-state index in [9.17, 15) is 4.79 Å². The summed E-state index contributed by atoms with van der Waals surface area (Å²) in [6, 6.07) is 8.10. The number of likely N-dealkylation sites (N-methyl/N-ethyl adjacent to an activating group) is 1. The van der Waals surface area contributed by atoms with Gasteiger partial charge >= 0.3 is 5.97 Å². The average molecular weight is 287 g/mol. The van der Waals surface area contributed by atoms with Crippen molar-refractivity contribution in [1.29, 1.82) is 0 Å². The molecule has 0 saturated heterocycles. The van der Waals surface area contributed by atoms with E-state index < -0.39 is 5.97 Å². The predicted octanol–water partition coefficient (Wildman–Crippen LogP) is 2.31. The molecule has 0 radical (unpaired) electrons. The lowest BCUT2D eigenvalue weighted by Gasteiger charge is -2.14. The summed E-state index contributed by atoms with van der Waals surface area (Å²) in [5, 5.41) is 13.5. The molecule has 1 N–H and O–H groups in total. The fraction of sp³-hybridized carbons (Fsp3) is 0.375. The van der Waals surface area contributed by atoms with Gasteiger partial charge in [0.25, 0.3) is 0 Å². The number of nitrogens with zero attached hydrogens (tertiary/aromatic N) is 3. The van der Waals surface area contributed by atoms with Gasteiger partial charge in [0.2, 0.25) is 0 Å². The lowest BCUT2D eigenvalue weighted by molar-refractivity contribution is -0.138. The summed E-state index contributed by atoms with van der Waals surface area (Å²) >= 11 is 0. The maximum atomic E-state index is 10.8. The van der Waals surface area contributed by atoms with Crippen LogP contribution in [0, 0.1) is 20.8 Å². The van der Waals surface area contributed by atoms with Gasteiger partial charge in [-0.05, 0) is 39.4 Å². The molecule has 0 aliphatic rings. The van der Waals surface area contributed by atoms with Crippen molar-refractivity contribution >= 4 is 5.97 Å². The minimum Gasteiger partial charge on any atom is -0.480 e. The van der Waals surface area contributed by atoms with Gasteiger partial charge < -0.3 is 5.11 Å². The van der Waals surface area contributed by atoms with E-state index >= 15 is 0 Å². The van der Waals surface area contributed by atoms with E-state index in [4.69, 9.17) is 5.11 Å². The van der Waals surface area contributed by atoms with Crippen LogP contribution in [0.1, 0.15) is 22.5 Å². The van der Waals surface area contributed by atoms with Crippen molar-refractivity contribution < 1.29 is 9.90 Å². The van der Waals surface area contributed by atoms with Crippen molar-refractivity contribution in [2.24, 2.45) is 0 Å². The Hall–Kier alpha value is -2.14. The molecule has 1 aromatic heterocycles. The van der Waals surface area contributed by atoms with Crippen molar-refractivity contribution in [1.82, 2.24) is 14.7 Å². The van der Waals surface area contributed by atoms with Crippen LogP contribution in [0.25, 0.3) is 5.69 Å². The second-order valence-electron chi connectivity index (χ2n) is 5.41. The van der Waals surface area contributed by atoms with E-state index in [0.29, 0.717) is 6.54 Å². The third-order valence-electron chi connectivity index (χ3n) is 3.62. The Morgan fingerprint density at radius 3 is 2.57 bits per heavy atom. The Labute approximate surface area is 124 Å². The van der Waals surface area contributed by atoms with E-state index in [1.165, 1.54) is 0 Å². The van der Waals surface area contributed by atoms with Crippen LogP contribution in [0.4, 0.5) is 0 Å². The minimum atomic E-state index is -0.820. The lowest BCUT2D eigenvalue weighted by atomic mass is 10.1. The number of carbonyl (C=O) groups is 1. The van der Waals surface area contributed by atoms with Crippen LogP contribution in [-0.2, 0) is 11.3 Å². The highest BCUT2D eigenvalue weighted by Gasteiger charge is 2.16. The maximum absolute atomic E-state index is 10.8. The summed E-state index contributed by atoms with van der Waals surface area (Å²) in [6.07, 6.45) is 0. The van der Waals surface area contributed by atoms with Crippen molar-refractivity contribution in [3.63, 3.8) is 0 Å². The van der Waals surface area contributed by atoms with Gasteiger partial charge in [-0.1, -0.05) is 18.2 Å². The summed E-state index contributed by atoms with van der Waals surface area (Å²) in [4.78, 5) is 12.6. The third-order valence-corrected chi connectivity index (χ3v) is 3.62. The number of aliphatic carboxylic acids is 1. The average Bonchev–Trinajstić information content (AvgIpc) is 2.66. The fourth-order valence-electron chi connectivity index (χ4n) is 2.50. The van der Waals surface area contributed by atoms with Gasteiger partial charge in [0.1, 0.15) is 0 Å². The summed E-state index contributed by atoms with van der Waals surface area (Å²) in [5.41, 5.74) is 5.30. The molecule has 21 heavy (non-hydrogen) atoms. The van der Waals surface area contributed by atoms with Gasteiger partial charge in [-0.15, -0.1) is 0 Å². The first-order valence-corrected chi connectivity index (χ1v) is 6.91. The molecular weight excluding hydrogens is 266 g/mol. The molecule has 112 valence electrons. The zero-order valence-electron chi connectivity index (χ0n) is 12.9. The summed E-state index contributed by atoms with van der Waals surface area (Å²) in [5.74, 6) is -0.820. The summed E-state index contributed by atoms with van der Waals surface area (Å²) in [6.45, 7) is 6.65. The highest BCUT2D eigenvalue weighted by molar-refractivity contribution is 5.69. The molecule has 0 aliphatic heterocycles. The number of aromatic nitrogens is 2. The molecule has 2 aromatic rings. The lowest BCUT2D eigenvalue weighted by Crippen LogP contribution is -2.25. The molecule has 0 spiro atoms. The van der Waals surface area contributed by atoms with Gasteiger partial charge in [-0.2, -0.15) is 5.10 Å². The first kappa shape index (κ1) is 15.3. The Morgan fingerprint density at radius 2 is 1.95 bits per heavy atom. The van der Waals surface area contributed by atoms with E-state index in [1.807, 2.05) is 36.7 Å². The molecule has 5 heteroatoms. The Kier molecular flexibility index (Phi) is 4.43. The molecule has 0 atom stereocenters. The zero-order chi connectivity index (χ0) is 15.6. The number of rotatable bonds is 5. The molecule has 5 nitrogen and oxygen atoms in total. The second kappa shape index (κ2) is 6.10. The SMILES string of the molecule is Cc1ccccc1-n1nc(C)c(CN(C)CC(=O)O)c1C. The van der Waals surface area contributed by atoms with E-state index in [1.54, 1.807) is 11.9 Å². The van der Waals surface area contributed by atoms with Gasteiger partial charge in [0, 0.05) is 17.8 Å². The second-order valence-corrected chi connectivity index (χ2v) is 5.41. The van der Waals surface area contributed by atoms with Crippen molar-refractivity contribution in [2.45, 2.75) is 27.3 Å². The quantitative estimate of drug-likeness (QED) is 0.917. The molecular formula is C16H21N3O2. The number of para-hydroxylation sites is 1. The summed E-state index contributed by atoms with van der Waals surface area (Å²) in [7, 11) is 1.80. The smallest absolute Gasteiger partial charge is 0.317 e. The minimum absolute atomic E-state index is 0.0222. The zero-order valence-corrected chi connectivity index (χ0v) is 12.9. The number of aryl methyl sites for hydroxylation is 2. The highest BCUT2D eigenvalue weighted by atomic mass is 16.4. The molecule has 1 heterocycles. The van der Waals surface area contributed by atoms with Crippen LogP contribution in [-0.4, -0.2) is 39.3 Å². The van der Waals surface area contributed by atoms with Crippen LogP contribution in [0.5, 0.6) is 0 Å². The Bertz CT molecular complexity index is 662. The maximum Gasteiger partial charge on any atom is 0.317 e. The number of carboxylic acids is 1. The van der Waals surface area contributed by atoms with Gasteiger partial charge in [-0.3, -0.25) is 9.69 Å². The molecule has 2 rings (SSSR count). The number of benzene rings is 1. The van der Waals surface area contributed by atoms with Crippen LogP contribution < -0.4 is 0 Å². The molecule has 0 amide bonds. The van der Waals surface area contributed by atoms with Crippen LogP contribution >= 0.6 is 0 Å². The van der Waals surface area contributed by atoms with Gasteiger partial charge in [0.15, 0.2) is 0 Å². The molecule has 0 bridgehead atoms. The monoisotopic (exact) mass is 287 g/mol. The van der Waals surface area contributed by atoms with Gasteiger partial charge in [-0.25, -0.2) is 4.68 Å². The Balaban J connectivity index is 2.34. The number of carboxylic acid groups (broad SMARTS) is 1. The topological polar surface area (TPSA) is 58.4 Å². The molecule has 1 aromatic carbocycles. The largest absolute Gasteiger partial charge is 0.480 e. The van der Waals surface area contributed by atoms with Crippen molar-refractivity contribution in [3.05, 3.63) is 46.8 Å². The highest BCUT2D eigenvalue weighted by Crippen LogP contribution is 2.21. The first-order chi connectivity index (χ1) is 9.90. The Morgan fingerprint density at radius 1 is 1.29 bits per heavy atom. The van der Waals surface area contributed by atoms with E-state index in [0.717, 1.165) is 28.2 Å².